The lowest BCUT2D eigenvalue weighted by Gasteiger charge is -2.30. The average molecular weight is 458 g/mol. The topological polar surface area (TPSA) is 127 Å². The third-order valence-corrected chi connectivity index (χ3v) is 6.91. The first-order valence-electron chi connectivity index (χ1n) is 10.4. The lowest BCUT2D eigenvalue weighted by molar-refractivity contribution is -0.123. The van der Waals surface area contributed by atoms with Gasteiger partial charge in [-0.1, -0.05) is 29.8 Å². The van der Waals surface area contributed by atoms with Gasteiger partial charge in [-0.2, -0.15) is 0 Å². The molecule has 3 rings (SSSR count). The average Bonchev–Trinajstić information content (AvgIpc) is 2.74. The normalized spacial score (nSPS) is 14.7. The SMILES string of the molecule is Cc1ccc(NC(=O)CS(=O)(=O)Cc2cccc(C(=O)N3CCC(C(N)=O)CC3)c2)cc1. The molecule has 0 atom stereocenters. The predicted octanol–water partition coefficient (Wildman–Crippen LogP) is 1.89. The lowest BCUT2D eigenvalue weighted by Crippen LogP contribution is -2.41. The predicted molar refractivity (Wildman–Crippen MR) is 122 cm³/mol. The quantitative estimate of drug-likeness (QED) is 0.656. The van der Waals surface area contributed by atoms with Crippen molar-refractivity contribution in [2.75, 3.05) is 24.2 Å². The van der Waals surface area contributed by atoms with Crippen molar-refractivity contribution in [3.63, 3.8) is 0 Å². The van der Waals surface area contributed by atoms with Gasteiger partial charge in [0.2, 0.25) is 11.8 Å². The van der Waals surface area contributed by atoms with Crippen LogP contribution < -0.4 is 11.1 Å². The molecule has 2 aromatic carbocycles. The highest BCUT2D eigenvalue weighted by atomic mass is 32.2. The first-order valence-corrected chi connectivity index (χ1v) is 12.2. The molecular formula is C23H27N3O5S. The molecule has 0 radical (unpaired) electrons. The number of rotatable bonds is 7. The van der Waals surface area contributed by atoms with Crippen LogP contribution in [0.1, 0.15) is 34.3 Å². The largest absolute Gasteiger partial charge is 0.369 e. The number of amides is 3. The Balaban J connectivity index is 1.60. The van der Waals surface area contributed by atoms with E-state index in [0.717, 1.165) is 5.56 Å². The minimum Gasteiger partial charge on any atom is -0.369 e. The van der Waals surface area contributed by atoms with Crippen molar-refractivity contribution in [2.45, 2.75) is 25.5 Å². The number of likely N-dealkylation sites (tertiary alicyclic amines) is 1. The maximum Gasteiger partial charge on any atom is 0.253 e. The maximum absolute atomic E-state index is 12.8. The number of anilines is 1. The Kier molecular flexibility index (Phi) is 7.29. The second-order valence-electron chi connectivity index (χ2n) is 8.12. The molecule has 1 aliphatic heterocycles. The van der Waals surface area contributed by atoms with Gasteiger partial charge in [-0.15, -0.1) is 0 Å². The summed E-state index contributed by atoms with van der Waals surface area (Å²) in [5, 5.41) is 2.58. The molecule has 0 saturated carbocycles. The zero-order valence-electron chi connectivity index (χ0n) is 17.9. The summed E-state index contributed by atoms with van der Waals surface area (Å²) in [6.45, 7) is 2.76. The Morgan fingerprint density at radius 3 is 2.34 bits per heavy atom. The van der Waals surface area contributed by atoms with Crippen molar-refractivity contribution >= 4 is 33.2 Å². The van der Waals surface area contributed by atoms with E-state index in [4.69, 9.17) is 5.73 Å². The van der Waals surface area contributed by atoms with Crippen LogP contribution in [0.5, 0.6) is 0 Å². The van der Waals surface area contributed by atoms with Gasteiger partial charge in [0, 0.05) is 30.3 Å². The standard InChI is InChI=1S/C23H27N3O5S/c1-16-5-7-20(8-6-16)25-21(27)15-32(30,31)14-17-3-2-4-19(13-17)23(29)26-11-9-18(10-12-26)22(24)28/h2-8,13,18H,9-12,14-15H2,1H3,(H2,24,28)(H,25,27). The summed E-state index contributed by atoms with van der Waals surface area (Å²) in [6.07, 6.45) is 1.04. The molecule has 1 saturated heterocycles. The van der Waals surface area contributed by atoms with E-state index in [1.165, 1.54) is 6.07 Å². The summed E-state index contributed by atoms with van der Waals surface area (Å²) in [5.41, 5.74) is 7.71. The number of nitrogens with two attached hydrogens (primary N) is 1. The number of primary amides is 1. The Morgan fingerprint density at radius 1 is 1.06 bits per heavy atom. The summed E-state index contributed by atoms with van der Waals surface area (Å²) < 4.78 is 25.1. The fraction of sp³-hybridized carbons (Fsp3) is 0.348. The van der Waals surface area contributed by atoms with E-state index in [1.807, 2.05) is 19.1 Å². The van der Waals surface area contributed by atoms with Crippen LogP contribution >= 0.6 is 0 Å². The number of hydrogen-bond acceptors (Lipinski definition) is 5. The van der Waals surface area contributed by atoms with Gasteiger partial charge < -0.3 is 16.0 Å². The highest BCUT2D eigenvalue weighted by molar-refractivity contribution is 7.91. The minimum absolute atomic E-state index is 0.218. The van der Waals surface area contributed by atoms with Crippen molar-refractivity contribution in [3.05, 3.63) is 65.2 Å². The number of piperidine rings is 1. The van der Waals surface area contributed by atoms with E-state index in [1.54, 1.807) is 35.2 Å². The van der Waals surface area contributed by atoms with Crippen LogP contribution in [0.25, 0.3) is 0 Å². The van der Waals surface area contributed by atoms with E-state index in [0.29, 0.717) is 42.7 Å². The van der Waals surface area contributed by atoms with E-state index in [-0.39, 0.29) is 23.5 Å². The molecule has 0 unspecified atom stereocenters. The molecular weight excluding hydrogens is 430 g/mol. The molecule has 1 heterocycles. The lowest BCUT2D eigenvalue weighted by atomic mass is 9.96. The highest BCUT2D eigenvalue weighted by Crippen LogP contribution is 2.20. The second kappa shape index (κ2) is 9.95. The van der Waals surface area contributed by atoms with E-state index in [2.05, 4.69) is 5.32 Å². The smallest absolute Gasteiger partial charge is 0.253 e. The number of nitrogens with zero attached hydrogens (tertiary/aromatic N) is 1. The minimum atomic E-state index is -3.73. The van der Waals surface area contributed by atoms with Gasteiger partial charge in [-0.05, 0) is 49.6 Å². The highest BCUT2D eigenvalue weighted by Gasteiger charge is 2.27. The molecule has 3 N–H and O–H groups in total. The first kappa shape index (κ1) is 23.5. The first-order chi connectivity index (χ1) is 15.1. The van der Waals surface area contributed by atoms with Crippen LogP contribution in [-0.2, 0) is 25.2 Å². The number of carbonyl (C=O) groups excluding carboxylic acids is 3. The summed E-state index contributed by atoms with van der Waals surface area (Å²) >= 11 is 0. The molecule has 0 spiro atoms. The van der Waals surface area contributed by atoms with Crippen molar-refractivity contribution < 1.29 is 22.8 Å². The summed E-state index contributed by atoms with van der Waals surface area (Å²) in [7, 11) is -3.73. The molecule has 0 aromatic heterocycles. The molecule has 170 valence electrons. The number of benzene rings is 2. The Bertz CT molecular complexity index is 1100. The third-order valence-electron chi connectivity index (χ3n) is 5.43. The van der Waals surface area contributed by atoms with E-state index in [9.17, 15) is 22.8 Å². The fourth-order valence-electron chi connectivity index (χ4n) is 3.68. The Morgan fingerprint density at radius 2 is 1.72 bits per heavy atom. The van der Waals surface area contributed by atoms with Crippen molar-refractivity contribution in [1.29, 1.82) is 0 Å². The molecule has 9 heteroatoms. The fourth-order valence-corrected chi connectivity index (χ4v) is 4.94. The van der Waals surface area contributed by atoms with Crippen molar-refractivity contribution in [2.24, 2.45) is 11.7 Å². The number of carbonyl (C=O) groups is 3. The van der Waals surface area contributed by atoms with Crippen LogP contribution in [0.4, 0.5) is 5.69 Å². The monoisotopic (exact) mass is 457 g/mol. The van der Waals surface area contributed by atoms with Crippen molar-refractivity contribution in [3.8, 4) is 0 Å². The van der Waals surface area contributed by atoms with Gasteiger partial charge in [-0.25, -0.2) is 8.42 Å². The molecule has 2 aromatic rings. The van der Waals surface area contributed by atoms with Crippen molar-refractivity contribution in [1.82, 2.24) is 4.90 Å². The molecule has 1 fully saturated rings. The Labute approximate surface area is 187 Å². The molecule has 0 bridgehead atoms. The Hall–Kier alpha value is -3.20. The van der Waals surface area contributed by atoms with Crippen LogP contribution in [0.15, 0.2) is 48.5 Å². The van der Waals surface area contributed by atoms with Crippen LogP contribution in [0, 0.1) is 12.8 Å². The van der Waals surface area contributed by atoms with Gasteiger partial charge in [0.25, 0.3) is 5.91 Å². The van der Waals surface area contributed by atoms with Gasteiger partial charge >= 0.3 is 0 Å². The molecule has 3 amide bonds. The summed E-state index contributed by atoms with van der Waals surface area (Å²) in [5.74, 6) is -2.40. The number of aryl methyl sites for hydroxylation is 1. The van der Waals surface area contributed by atoms with Gasteiger partial charge in [0.05, 0.1) is 5.75 Å². The van der Waals surface area contributed by atoms with Crippen LogP contribution in [-0.4, -0.2) is 49.9 Å². The molecule has 8 nitrogen and oxygen atoms in total. The third kappa shape index (κ3) is 6.40. The molecule has 1 aliphatic rings. The maximum atomic E-state index is 12.8. The summed E-state index contributed by atoms with van der Waals surface area (Å²) in [4.78, 5) is 37.9. The molecule has 0 aliphatic carbocycles. The van der Waals surface area contributed by atoms with Gasteiger partial charge in [-0.3, -0.25) is 14.4 Å². The van der Waals surface area contributed by atoms with E-state index >= 15 is 0 Å². The number of hydrogen-bond donors (Lipinski definition) is 2. The van der Waals surface area contributed by atoms with E-state index < -0.39 is 21.5 Å². The zero-order valence-corrected chi connectivity index (χ0v) is 18.7. The van der Waals surface area contributed by atoms with Crippen LogP contribution in [0.3, 0.4) is 0 Å². The molecule has 32 heavy (non-hydrogen) atoms. The number of nitrogens with one attached hydrogen (secondary N) is 1. The van der Waals surface area contributed by atoms with Gasteiger partial charge in [0.1, 0.15) is 5.75 Å². The number of sulfone groups is 1. The second-order valence-corrected chi connectivity index (χ2v) is 10.2. The zero-order chi connectivity index (χ0) is 23.3. The summed E-state index contributed by atoms with van der Waals surface area (Å²) in [6, 6.07) is 13.5. The van der Waals surface area contributed by atoms with Gasteiger partial charge in [0.15, 0.2) is 9.84 Å². The van der Waals surface area contributed by atoms with Crippen LogP contribution in [0.2, 0.25) is 0 Å².